The molecule has 2 unspecified atom stereocenters. The lowest BCUT2D eigenvalue weighted by molar-refractivity contribution is 0.123. The molecule has 0 aromatic rings. The van der Waals surface area contributed by atoms with Gasteiger partial charge in [-0.15, -0.1) is 0 Å². The summed E-state index contributed by atoms with van der Waals surface area (Å²) >= 11 is 0. The van der Waals surface area contributed by atoms with Gasteiger partial charge >= 0.3 is 0 Å². The fraction of sp³-hybridized carbons (Fsp3) is 1.00. The van der Waals surface area contributed by atoms with Crippen molar-refractivity contribution in [2.45, 2.75) is 65.5 Å². The van der Waals surface area contributed by atoms with E-state index in [1.807, 2.05) is 0 Å². The summed E-state index contributed by atoms with van der Waals surface area (Å²) in [5.41, 5.74) is 0. The molecule has 0 aromatic carbocycles. The lowest BCUT2D eigenvalue weighted by atomic mass is 9.95. The molecule has 1 heterocycles. The molecule has 1 rings (SSSR count). The van der Waals surface area contributed by atoms with Gasteiger partial charge in [0.1, 0.15) is 0 Å². The van der Waals surface area contributed by atoms with Gasteiger partial charge in [-0.1, -0.05) is 20.8 Å². The van der Waals surface area contributed by atoms with Crippen LogP contribution in [0.25, 0.3) is 0 Å². The van der Waals surface area contributed by atoms with Gasteiger partial charge in [0.15, 0.2) is 0 Å². The minimum absolute atomic E-state index is 0.633. The van der Waals surface area contributed by atoms with Gasteiger partial charge in [-0.3, -0.25) is 0 Å². The zero-order chi connectivity index (χ0) is 12.0. The highest BCUT2D eigenvalue weighted by Gasteiger charge is 2.21. The molecule has 1 aliphatic heterocycles. The second kappa shape index (κ2) is 7.29. The SMILES string of the molecule is CC1CCC(C)N(CCCCNC(C)C)C1. The standard InChI is InChI=1S/C14H30N2/c1-12(2)15-9-5-6-10-16-11-13(3)7-8-14(16)4/h12-15H,5-11H2,1-4H3. The quantitative estimate of drug-likeness (QED) is 0.701. The molecule has 0 saturated carbocycles. The highest BCUT2D eigenvalue weighted by atomic mass is 15.2. The van der Waals surface area contributed by atoms with E-state index in [1.165, 1.54) is 45.3 Å². The van der Waals surface area contributed by atoms with E-state index in [4.69, 9.17) is 0 Å². The summed E-state index contributed by atoms with van der Waals surface area (Å²) in [6.07, 6.45) is 5.48. The van der Waals surface area contributed by atoms with E-state index in [9.17, 15) is 0 Å². The van der Waals surface area contributed by atoms with Crippen LogP contribution in [0.1, 0.15) is 53.4 Å². The van der Waals surface area contributed by atoms with Crippen LogP contribution in [0.5, 0.6) is 0 Å². The number of nitrogens with one attached hydrogen (secondary N) is 1. The smallest absolute Gasteiger partial charge is 0.00671 e. The van der Waals surface area contributed by atoms with E-state index in [2.05, 4.69) is 37.9 Å². The van der Waals surface area contributed by atoms with Crippen molar-refractivity contribution in [2.75, 3.05) is 19.6 Å². The van der Waals surface area contributed by atoms with Gasteiger partial charge in [0.05, 0.1) is 0 Å². The normalized spacial score (nSPS) is 27.6. The summed E-state index contributed by atoms with van der Waals surface area (Å²) in [5.74, 6) is 0.907. The molecule has 0 spiro atoms. The average molecular weight is 226 g/mol. The number of unbranched alkanes of at least 4 members (excludes halogenated alkanes) is 1. The molecule has 1 aliphatic rings. The van der Waals surface area contributed by atoms with Gasteiger partial charge in [-0.25, -0.2) is 0 Å². The zero-order valence-electron chi connectivity index (χ0n) is 11.6. The molecule has 2 nitrogen and oxygen atoms in total. The summed E-state index contributed by atoms with van der Waals surface area (Å²) in [6.45, 7) is 13.0. The molecular weight excluding hydrogens is 196 g/mol. The summed E-state index contributed by atoms with van der Waals surface area (Å²) < 4.78 is 0. The van der Waals surface area contributed by atoms with Gasteiger partial charge in [0.25, 0.3) is 0 Å². The minimum atomic E-state index is 0.633. The van der Waals surface area contributed by atoms with Crippen molar-refractivity contribution >= 4 is 0 Å². The zero-order valence-corrected chi connectivity index (χ0v) is 11.6. The van der Waals surface area contributed by atoms with Crippen molar-refractivity contribution < 1.29 is 0 Å². The van der Waals surface area contributed by atoms with E-state index in [-0.39, 0.29) is 0 Å². The highest BCUT2D eigenvalue weighted by Crippen LogP contribution is 2.21. The van der Waals surface area contributed by atoms with Crippen LogP contribution in [-0.4, -0.2) is 36.6 Å². The van der Waals surface area contributed by atoms with Crippen molar-refractivity contribution in [3.8, 4) is 0 Å². The summed E-state index contributed by atoms with van der Waals surface area (Å²) in [7, 11) is 0. The lowest BCUT2D eigenvalue weighted by Crippen LogP contribution is -2.41. The Hall–Kier alpha value is -0.0800. The van der Waals surface area contributed by atoms with Crippen LogP contribution in [0.3, 0.4) is 0 Å². The van der Waals surface area contributed by atoms with E-state index in [0.29, 0.717) is 6.04 Å². The number of likely N-dealkylation sites (tertiary alicyclic amines) is 1. The summed E-state index contributed by atoms with van der Waals surface area (Å²) in [6, 6.07) is 1.45. The Bertz CT molecular complexity index is 180. The van der Waals surface area contributed by atoms with E-state index in [1.54, 1.807) is 0 Å². The Kier molecular flexibility index (Phi) is 6.37. The molecule has 96 valence electrons. The van der Waals surface area contributed by atoms with Gasteiger partial charge in [-0.05, 0) is 51.6 Å². The Morgan fingerprint density at radius 2 is 1.94 bits per heavy atom. The molecule has 0 amide bonds. The first kappa shape index (κ1) is 14.0. The van der Waals surface area contributed by atoms with Crippen LogP contribution in [0.4, 0.5) is 0 Å². The second-order valence-corrected chi connectivity index (χ2v) is 5.84. The maximum Gasteiger partial charge on any atom is 0.00671 e. The molecule has 16 heavy (non-hydrogen) atoms. The van der Waals surface area contributed by atoms with Gasteiger partial charge in [0.2, 0.25) is 0 Å². The molecule has 2 heteroatoms. The van der Waals surface area contributed by atoms with Crippen LogP contribution >= 0.6 is 0 Å². The maximum atomic E-state index is 3.48. The van der Waals surface area contributed by atoms with Gasteiger partial charge < -0.3 is 10.2 Å². The molecule has 1 fully saturated rings. The Balaban J connectivity index is 2.07. The Morgan fingerprint density at radius 1 is 1.19 bits per heavy atom. The number of rotatable bonds is 6. The van der Waals surface area contributed by atoms with Crippen LogP contribution < -0.4 is 5.32 Å². The Labute approximate surface area is 102 Å². The number of nitrogens with zero attached hydrogens (tertiary/aromatic N) is 1. The van der Waals surface area contributed by atoms with Crippen molar-refractivity contribution in [2.24, 2.45) is 5.92 Å². The number of piperidine rings is 1. The third kappa shape index (κ3) is 5.31. The van der Waals surface area contributed by atoms with Crippen molar-refractivity contribution in [3.05, 3.63) is 0 Å². The molecule has 0 radical (unpaired) electrons. The molecule has 1 N–H and O–H groups in total. The molecule has 0 bridgehead atoms. The predicted molar refractivity (Wildman–Crippen MR) is 71.8 cm³/mol. The molecule has 0 aliphatic carbocycles. The lowest BCUT2D eigenvalue weighted by Gasteiger charge is -2.36. The van der Waals surface area contributed by atoms with Crippen molar-refractivity contribution in [1.82, 2.24) is 10.2 Å². The fourth-order valence-corrected chi connectivity index (χ4v) is 2.52. The van der Waals surface area contributed by atoms with Crippen LogP contribution in [0, 0.1) is 5.92 Å². The Morgan fingerprint density at radius 3 is 2.62 bits per heavy atom. The number of hydrogen-bond donors (Lipinski definition) is 1. The fourth-order valence-electron chi connectivity index (χ4n) is 2.52. The first-order valence-corrected chi connectivity index (χ1v) is 7.07. The second-order valence-electron chi connectivity index (χ2n) is 5.84. The first-order chi connectivity index (χ1) is 7.59. The molecule has 1 saturated heterocycles. The highest BCUT2D eigenvalue weighted by molar-refractivity contribution is 4.76. The van der Waals surface area contributed by atoms with Crippen LogP contribution in [0.2, 0.25) is 0 Å². The molecule has 0 aromatic heterocycles. The molecular formula is C14H30N2. The van der Waals surface area contributed by atoms with Crippen molar-refractivity contribution in [1.29, 1.82) is 0 Å². The maximum absolute atomic E-state index is 3.48. The third-order valence-electron chi connectivity index (χ3n) is 3.67. The van der Waals surface area contributed by atoms with E-state index in [0.717, 1.165) is 12.0 Å². The molecule has 2 atom stereocenters. The monoisotopic (exact) mass is 226 g/mol. The van der Waals surface area contributed by atoms with Crippen LogP contribution in [0.15, 0.2) is 0 Å². The average Bonchev–Trinajstić information content (AvgIpc) is 2.22. The van der Waals surface area contributed by atoms with E-state index >= 15 is 0 Å². The predicted octanol–water partition coefficient (Wildman–Crippen LogP) is 2.89. The topological polar surface area (TPSA) is 15.3 Å². The summed E-state index contributed by atoms with van der Waals surface area (Å²) in [5, 5.41) is 3.48. The first-order valence-electron chi connectivity index (χ1n) is 7.07. The van der Waals surface area contributed by atoms with Crippen molar-refractivity contribution in [3.63, 3.8) is 0 Å². The summed E-state index contributed by atoms with van der Waals surface area (Å²) in [4.78, 5) is 2.68. The largest absolute Gasteiger partial charge is 0.315 e. The number of hydrogen-bond acceptors (Lipinski definition) is 2. The van der Waals surface area contributed by atoms with Crippen LogP contribution in [-0.2, 0) is 0 Å². The van der Waals surface area contributed by atoms with Gasteiger partial charge in [0, 0.05) is 18.6 Å². The third-order valence-corrected chi connectivity index (χ3v) is 3.67. The minimum Gasteiger partial charge on any atom is -0.315 e. The van der Waals surface area contributed by atoms with Gasteiger partial charge in [-0.2, -0.15) is 0 Å². The van der Waals surface area contributed by atoms with E-state index < -0.39 is 0 Å².